The summed E-state index contributed by atoms with van der Waals surface area (Å²) in [5, 5.41) is 14.3. The molecular weight excluding hydrogens is 1060 g/mol. The number of pyridine rings is 1. The predicted molar refractivity (Wildman–Crippen MR) is 277 cm³/mol. The molecule has 3 heterocycles. The van der Waals surface area contributed by atoms with E-state index in [1.165, 1.54) is 16.9 Å². The van der Waals surface area contributed by atoms with Crippen LogP contribution < -0.4 is 0 Å². The first-order chi connectivity index (χ1) is 32.2. The molecule has 9 heteroatoms. The van der Waals surface area contributed by atoms with Gasteiger partial charge in [-0.2, -0.15) is 13.2 Å². The fourth-order valence-corrected chi connectivity index (χ4v) is 10.9. The van der Waals surface area contributed by atoms with Gasteiger partial charge in [0.05, 0.1) is 33.5 Å². The summed E-state index contributed by atoms with van der Waals surface area (Å²) >= 11 is 1.35. The molecule has 69 heavy (non-hydrogen) atoms. The second-order valence-electron chi connectivity index (χ2n) is 21.3. The van der Waals surface area contributed by atoms with Crippen LogP contribution in [0.15, 0.2) is 140 Å². The molecule has 7 aromatic carbocycles. The van der Waals surface area contributed by atoms with Crippen LogP contribution in [0.3, 0.4) is 0 Å². The van der Waals surface area contributed by atoms with Gasteiger partial charge in [-0.05, 0) is 86.0 Å². The maximum absolute atomic E-state index is 16.4. The Hall–Kier alpha value is -6.08. The van der Waals surface area contributed by atoms with E-state index in [2.05, 4.69) is 117 Å². The van der Waals surface area contributed by atoms with Gasteiger partial charge in [-0.15, -0.1) is 47.2 Å². The standard InChI is InChI=1S/C60H53F3N3OS.Pt/c1-57(2,3)34-35-23-27-41-38(31-35)24-28-42-49-50(60(61,62)63)53(64-51(55(49)68-54(41)42)37-19-14-11-15-20-37)43-21-16-22-47-52(43)65-56(45-33-40(59(7,8)9)26-30-48(45)67)66(47)46-29-25-39(58(4,5)6)32-44(46)36-17-12-10-13-18-36;/h10-19,21-33,67H,34H2,1-9H3;/q-1;. The molecule has 0 saturated carbocycles. The van der Waals surface area contributed by atoms with E-state index in [4.69, 9.17) is 9.97 Å². The molecule has 0 atom stereocenters. The fraction of sp³-hybridized carbons (Fsp3) is 0.233. The SMILES string of the molecule is CC(C)(C)Cc1ccc2c(ccc3c2sc2c(-c4[c-]cccc4)nc(-c4cccc5c4nc(-c4cc(C(C)(C)C)ccc4O)n5-c4ccc(C(C)(C)C)cc4-c4ccccc4)c(C(F)(F)F)c23)c1.[Pt]. The molecule has 0 spiro atoms. The second-order valence-corrected chi connectivity index (χ2v) is 22.3. The summed E-state index contributed by atoms with van der Waals surface area (Å²) in [6, 6.07) is 48.1. The zero-order valence-electron chi connectivity index (χ0n) is 40.1. The Morgan fingerprint density at radius 3 is 1.97 bits per heavy atom. The van der Waals surface area contributed by atoms with Crippen molar-refractivity contribution in [2.45, 2.75) is 85.7 Å². The number of nitrogens with zero attached hydrogens (tertiary/aromatic N) is 3. The number of aromatic hydroxyl groups is 1. The quantitative estimate of drug-likeness (QED) is 0.169. The van der Waals surface area contributed by atoms with Gasteiger partial charge in [0.1, 0.15) is 11.6 Å². The minimum Gasteiger partial charge on any atom is -0.507 e. The van der Waals surface area contributed by atoms with Crippen LogP contribution in [-0.2, 0) is 44.5 Å². The van der Waals surface area contributed by atoms with Crippen molar-refractivity contribution >= 4 is 53.3 Å². The van der Waals surface area contributed by atoms with E-state index < -0.39 is 11.7 Å². The van der Waals surface area contributed by atoms with Crippen LogP contribution in [0.2, 0.25) is 0 Å². The van der Waals surface area contributed by atoms with Crippen molar-refractivity contribution in [2.75, 3.05) is 0 Å². The summed E-state index contributed by atoms with van der Waals surface area (Å²) in [5.74, 6) is 0.393. The second kappa shape index (κ2) is 17.4. The number of fused-ring (bicyclic) bond motifs is 6. The van der Waals surface area contributed by atoms with Crippen molar-refractivity contribution in [3.63, 3.8) is 0 Å². The van der Waals surface area contributed by atoms with Gasteiger partial charge in [0.15, 0.2) is 0 Å². The van der Waals surface area contributed by atoms with E-state index >= 15 is 13.2 Å². The topological polar surface area (TPSA) is 50.9 Å². The van der Waals surface area contributed by atoms with E-state index in [1.807, 2.05) is 71.3 Å². The van der Waals surface area contributed by atoms with Crippen molar-refractivity contribution in [1.82, 2.24) is 14.5 Å². The van der Waals surface area contributed by atoms with E-state index in [9.17, 15) is 5.11 Å². The third kappa shape index (κ3) is 8.80. The number of phenolic OH excluding ortho intramolecular Hbond substituents is 1. The van der Waals surface area contributed by atoms with Gasteiger partial charge in [-0.1, -0.05) is 147 Å². The van der Waals surface area contributed by atoms with Crippen LogP contribution in [0.25, 0.3) is 92.7 Å². The summed E-state index contributed by atoms with van der Waals surface area (Å²) < 4.78 is 52.5. The Labute approximate surface area is 420 Å². The van der Waals surface area contributed by atoms with Crippen molar-refractivity contribution in [2.24, 2.45) is 5.41 Å². The molecule has 0 aliphatic carbocycles. The number of thiophene rings is 1. The molecule has 10 rings (SSSR count). The van der Waals surface area contributed by atoms with E-state index in [0.29, 0.717) is 43.8 Å². The summed E-state index contributed by atoms with van der Waals surface area (Å²) in [7, 11) is 0. The molecule has 0 bridgehead atoms. The molecule has 0 amide bonds. The number of hydrogen-bond acceptors (Lipinski definition) is 4. The number of benzene rings is 7. The number of rotatable bonds is 6. The number of para-hydroxylation sites is 1. The number of imidazole rings is 1. The van der Waals surface area contributed by atoms with Crippen molar-refractivity contribution < 1.29 is 39.3 Å². The van der Waals surface area contributed by atoms with Gasteiger partial charge in [-0.25, -0.2) is 4.98 Å². The van der Waals surface area contributed by atoms with E-state index in [1.54, 1.807) is 24.3 Å². The number of halogens is 3. The average molecular weight is 1120 g/mol. The molecule has 0 aliphatic rings. The summed E-state index contributed by atoms with van der Waals surface area (Å²) in [4.78, 5) is 10.4. The number of alkyl halides is 3. The van der Waals surface area contributed by atoms with Gasteiger partial charge in [0.2, 0.25) is 0 Å². The summed E-state index contributed by atoms with van der Waals surface area (Å²) in [5.41, 5.74) is 7.01. The Kier molecular flexibility index (Phi) is 12.1. The van der Waals surface area contributed by atoms with Crippen molar-refractivity contribution in [3.05, 3.63) is 168 Å². The zero-order valence-corrected chi connectivity index (χ0v) is 43.2. The van der Waals surface area contributed by atoms with Crippen LogP contribution >= 0.6 is 11.3 Å². The molecule has 3 aromatic heterocycles. The molecule has 1 N–H and O–H groups in total. The van der Waals surface area contributed by atoms with Crippen LogP contribution in [0.1, 0.15) is 84.6 Å². The molecule has 0 fully saturated rings. The first-order valence-corrected chi connectivity index (χ1v) is 23.9. The molecule has 352 valence electrons. The molecular formula is C60H53F3N3OPtS-. The monoisotopic (exact) mass is 1120 g/mol. The number of phenols is 1. The Morgan fingerprint density at radius 2 is 1.30 bits per heavy atom. The first kappa shape index (κ1) is 48.0. The van der Waals surface area contributed by atoms with E-state index in [-0.39, 0.29) is 59.7 Å². The third-order valence-corrected chi connectivity index (χ3v) is 14.1. The Balaban J connectivity index is 0.00000593. The van der Waals surface area contributed by atoms with Crippen LogP contribution in [0.4, 0.5) is 13.2 Å². The molecule has 4 nitrogen and oxygen atoms in total. The molecule has 0 saturated heterocycles. The molecule has 0 unspecified atom stereocenters. The largest absolute Gasteiger partial charge is 0.507 e. The minimum absolute atomic E-state index is 0. The van der Waals surface area contributed by atoms with Crippen LogP contribution in [-0.4, -0.2) is 19.6 Å². The maximum atomic E-state index is 16.4. The van der Waals surface area contributed by atoms with Gasteiger partial charge >= 0.3 is 6.18 Å². The molecule has 10 aromatic rings. The maximum Gasteiger partial charge on any atom is 0.419 e. The van der Waals surface area contributed by atoms with Crippen molar-refractivity contribution in [3.8, 4) is 56.5 Å². The van der Waals surface area contributed by atoms with Crippen LogP contribution in [0.5, 0.6) is 5.75 Å². The smallest absolute Gasteiger partial charge is 0.419 e. The van der Waals surface area contributed by atoms with Gasteiger partial charge in [0.25, 0.3) is 0 Å². The van der Waals surface area contributed by atoms with Gasteiger partial charge < -0.3 is 5.11 Å². The zero-order chi connectivity index (χ0) is 48.1. The number of aromatic nitrogens is 3. The predicted octanol–water partition coefficient (Wildman–Crippen LogP) is 17.3. The van der Waals surface area contributed by atoms with Gasteiger partial charge in [-0.3, -0.25) is 9.55 Å². The first-order valence-electron chi connectivity index (χ1n) is 23.1. The fourth-order valence-electron chi connectivity index (χ4n) is 9.54. The number of hydrogen-bond donors (Lipinski definition) is 1. The Bertz CT molecular complexity index is 3590. The average Bonchev–Trinajstić information content (AvgIpc) is 3.87. The summed E-state index contributed by atoms with van der Waals surface area (Å²) in [6.45, 7) is 19.4. The normalized spacial score (nSPS) is 12.6. The van der Waals surface area contributed by atoms with Gasteiger partial charge in [0, 0.05) is 58.1 Å². The minimum atomic E-state index is -4.82. The Morgan fingerprint density at radius 1 is 0.623 bits per heavy atom. The summed E-state index contributed by atoms with van der Waals surface area (Å²) in [6.07, 6.45) is -3.96. The third-order valence-electron chi connectivity index (χ3n) is 12.9. The van der Waals surface area contributed by atoms with Crippen molar-refractivity contribution in [1.29, 1.82) is 0 Å². The molecule has 0 aliphatic heterocycles. The molecule has 0 radical (unpaired) electrons. The van der Waals surface area contributed by atoms with Crippen LogP contribution in [0, 0.1) is 11.5 Å². The van der Waals surface area contributed by atoms with E-state index in [0.717, 1.165) is 49.8 Å².